The van der Waals surface area contributed by atoms with E-state index in [1.165, 1.54) is 38.5 Å². The fourth-order valence-electron chi connectivity index (χ4n) is 3.16. The molecular formula is C25H36N6O2. The van der Waals surface area contributed by atoms with Gasteiger partial charge in [0.15, 0.2) is 0 Å². The van der Waals surface area contributed by atoms with Gasteiger partial charge in [-0.15, -0.1) is 5.10 Å². The molecule has 0 fully saturated rings. The van der Waals surface area contributed by atoms with Gasteiger partial charge in [0.1, 0.15) is 5.75 Å². The third kappa shape index (κ3) is 10.5. The van der Waals surface area contributed by atoms with E-state index in [1.54, 1.807) is 19.1 Å². The molecule has 6 N–H and O–H groups in total. The average Bonchev–Trinajstić information content (AvgIpc) is 2.80. The van der Waals surface area contributed by atoms with E-state index in [0.717, 1.165) is 17.7 Å². The molecule has 0 spiro atoms. The third-order valence-electron chi connectivity index (χ3n) is 5.00. The van der Waals surface area contributed by atoms with Crippen LogP contribution in [0.3, 0.4) is 0 Å². The number of hydrogen-bond donors (Lipinski definition) is 4. The molecule has 2 rings (SSSR count). The lowest BCUT2D eigenvalue weighted by atomic mass is 10.1. The zero-order valence-corrected chi connectivity index (χ0v) is 19.6. The van der Waals surface area contributed by atoms with E-state index in [9.17, 15) is 4.79 Å². The Morgan fingerprint density at radius 2 is 1.36 bits per heavy atom. The van der Waals surface area contributed by atoms with Crippen molar-refractivity contribution in [3.05, 3.63) is 54.1 Å². The first-order chi connectivity index (χ1) is 16.0. The Hall–Kier alpha value is -3.55. The van der Waals surface area contributed by atoms with Gasteiger partial charge in [0.25, 0.3) is 0 Å². The first-order valence-corrected chi connectivity index (χ1v) is 11.5. The predicted octanol–water partition coefficient (Wildman–Crippen LogP) is 5.46. The van der Waals surface area contributed by atoms with Crippen LogP contribution < -0.4 is 26.8 Å². The first-order valence-electron chi connectivity index (χ1n) is 11.5. The molecule has 8 heteroatoms. The van der Waals surface area contributed by atoms with Crippen LogP contribution in [0.15, 0.2) is 58.7 Å². The van der Waals surface area contributed by atoms with Gasteiger partial charge in [-0.2, -0.15) is 5.10 Å². The van der Waals surface area contributed by atoms with Gasteiger partial charge in [0, 0.05) is 11.4 Å². The van der Waals surface area contributed by atoms with Crippen LogP contribution in [-0.4, -0.2) is 24.3 Å². The second kappa shape index (κ2) is 14.5. The molecule has 33 heavy (non-hydrogen) atoms. The molecule has 0 bridgehead atoms. The minimum absolute atomic E-state index is 0.0999. The Morgan fingerprint density at radius 1 is 0.818 bits per heavy atom. The molecule has 0 atom stereocenters. The lowest BCUT2D eigenvalue weighted by Crippen LogP contribution is -2.22. The molecular weight excluding hydrogens is 416 g/mol. The summed E-state index contributed by atoms with van der Waals surface area (Å²) in [5, 5.41) is 13.2. The van der Waals surface area contributed by atoms with Gasteiger partial charge in [0.05, 0.1) is 12.3 Å². The van der Waals surface area contributed by atoms with Crippen LogP contribution in [-0.2, 0) is 0 Å². The van der Waals surface area contributed by atoms with Crippen molar-refractivity contribution in [3.8, 4) is 5.75 Å². The van der Waals surface area contributed by atoms with Crippen molar-refractivity contribution in [2.45, 2.75) is 58.8 Å². The molecule has 0 aromatic heterocycles. The zero-order chi connectivity index (χ0) is 23.9. The number of benzene rings is 2. The number of urea groups is 1. The van der Waals surface area contributed by atoms with E-state index < -0.39 is 0 Å². The number of hydrogen-bond acceptors (Lipinski definition) is 4. The molecule has 2 amide bonds. The largest absolute Gasteiger partial charge is 0.494 e. The molecule has 0 radical (unpaired) electrons. The zero-order valence-electron chi connectivity index (χ0n) is 19.6. The van der Waals surface area contributed by atoms with Crippen molar-refractivity contribution >= 4 is 29.1 Å². The molecule has 0 heterocycles. The third-order valence-corrected chi connectivity index (χ3v) is 5.00. The highest BCUT2D eigenvalue weighted by molar-refractivity contribution is 6.01. The highest BCUT2D eigenvalue weighted by atomic mass is 16.5. The fraction of sp³-hybridized carbons (Fsp3) is 0.400. The van der Waals surface area contributed by atoms with E-state index in [4.69, 9.17) is 16.2 Å². The number of ether oxygens (including phenoxy) is 1. The van der Waals surface area contributed by atoms with E-state index in [2.05, 4.69) is 27.8 Å². The van der Waals surface area contributed by atoms with Gasteiger partial charge in [-0.1, -0.05) is 57.6 Å². The number of rotatable bonds is 13. The van der Waals surface area contributed by atoms with Gasteiger partial charge in [-0.25, -0.2) is 4.79 Å². The van der Waals surface area contributed by atoms with Gasteiger partial charge in [-0.3, -0.25) is 0 Å². The van der Waals surface area contributed by atoms with E-state index in [0.29, 0.717) is 23.7 Å². The molecule has 178 valence electrons. The van der Waals surface area contributed by atoms with Crippen molar-refractivity contribution in [1.82, 2.24) is 0 Å². The van der Waals surface area contributed by atoms with E-state index in [1.807, 2.05) is 36.4 Å². The van der Waals surface area contributed by atoms with Crippen LogP contribution in [0.1, 0.15) is 64.4 Å². The quantitative estimate of drug-likeness (QED) is 0.139. The average molecular weight is 453 g/mol. The molecule has 0 aliphatic carbocycles. The summed E-state index contributed by atoms with van der Waals surface area (Å²) in [4.78, 5) is 12.3. The number of unbranched alkanes of at least 4 members (excludes halogenated alkanes) is 6. The summed E-state index contributed by atoms with van der Waals surface area (Å²) >= 11 is 0. The molecule has 8 nitrogen and oxygen atoms in total. The summed E-state index contributed by atoms with van der Waals surface area (Å²) in [6, 6.07) is 14.3. The normalized spacial score (nSPS) is 11.0. The first kappa shape index (κ1) is 25.7. The lowest BCUT2D eigenvalue weighted by Gasteiger charge is -2.10. The highest BCUT2D eigenvalue weighted by Gasteiger charge is 2.04. The number of carbonyl (C=O) groups is 1. The van der Waals surface area contributed by atoms with Crippen LogP contribution >= 0.6 is 0 Å². The van der Waals surface area contributed by atoms with Crippen molar-refractivity contribution in [2.75, 3.05) is 17.2 Å². The number of guanidine groups is 1. The SMILES string of the molecule is CCCCCCCCCOc1ccc(NC(=O)Nc2ccc(/C(C)=N/N=C(N)N)cc2)cc1. The lowest BCUT2D eigenvalue weighted by molar-refractivity contribution is 0.262. The smallest absolute Gasteiger partial charge is 0.323 e. The van der Waals surface area contributed by atoms with Gasteiger partial charge >= 0.3 is 6.03 Å². The number of carbonyl (C=O) groups excluding carboxylic acids is 1. The molecule has 2 aromatic carbocycles. The Morgan fingerprint density at radius 3 is 1.94 bits per heavy atom. The Bertz CT molecular complexity index is 903. The summed E-state index contributed by atoms with van der Waals surface area (Å²) < 4.78 is 5.79. The summed E-state index contributed by atoms with van der Waals surface area (Å²) in [6.45, 7) is 4.74. The minimum atomic E-state index is -0.328. The highest BCUT2D eigenvalue weighted by Crippen LogP contribution is 2.17. The van der Waals surface area contributed by atoms with Crippen LogP contribution in [0.25, 0.3) is 0 Å². The molecule has 0 unspecified atom stereocenters. The van der Waals surface area contributed by atoms with Crippen molar-refractivity contribution in [2.24, 2.45) is 21.7 Å². The number of anilines is 2. The molecule has 0 aliphatic rings. The maximum absolute atomic E-state index is 12.3. The van der Waals surface area contributed by atoms with Gasteiger partial charge in [0.2, 0.25) is 5.96 Å². The fourth-order valence-corrected chi connectivity index (χ4v) is 3.16. The second-order valence-electron chi connectivity index (χ2n) is 7.86. The summed E-state index contributed by atoms with van der Waals surface area (Å²) in [7, 11) is 0. The van der Waals surface area contributed by atoms with Gasteiger partial charge in [-0.05, 0) is 55.3 Å². The van der Waals surface area contributed by atoms with Crippen molar-refractivity contribution < 1.29 is 9.53 Å². The topological polar surface area (TPSA) is 127 Å². The number of nitrogens with one attached hydrogen (secondary N) is 2. The second-order valence-corrected chi connectivity index (χ2v) is 7.86. The number of nitrogens with two attached hydrogens (primary N) is 2. The number of nitrogens with zero attached hydrogens (tertiary/aromatic N) is 2. The van der Waals surface area contributed by atoms with Crippen molar-refractivity contribution in [3.63, 3.8) is 0 Å². The summed E-state index contributed by atoms with van der Waals surface area (Å²) in [5.74, 6) is 0.706. The van der Waals surface area contributed by atoms with Crippen LogP contribution in [0, 0.1) is 0 Å². The summed E-state index contributed by atoms with van der Waals surface area (Å²) in [5.41, 5.74) is 13.4. The molecule has 0 saturated carbocycles. The Labute approximate surface area is 196 Å². The minimum Gasteiger partial charge on any atom is -0.494 e. The summed E-state index contributed by atoms with van der Waals surface area (Å²) in [6.07, 6.45) is 8.79. The van der Waals surface area contributed by atoms with Crippen LogP contribution in [0.5, 0.6) is 5.75 Å². The number of amides is 2. The predicted molar refractivity (Wildman–Crippen MR) is 137 cm³/mol. The Balaban J connectivity index is 1.72. The standard InChI is InChI=1S/C25H36N6O2/c1-3-4-5-6-7-8-9-18-33-23-16-14-22(15-17-23)29-25(32)28-21-12-10-20(11-13-21)19(2)30-31-24(26)27/h10-17H,3-9,18H2,1-2H3,(H4,26,27,31)(H2,28,29,32)/b30-19+. The maximum Gasteiger partial charge on any atom is 0.323 e. The molecule has 0 aliphatic heterocycles. The van der Waals surface area contributed by atoms with Crippen molar-refractivity contribution in [1.29, 1.82) is 0 Å². The monoisotopic (exact) mass is 452 g/mol. The molecule has 0 saturated heterocycles. The van der Waals surface area contributed by atoms with E-state index >= 15 is 0 Å². The molecule has 2 aromatic rings. The van der Waals surface area contributed by atoms with Gasteiger partial charge < -0.3 is 26.8 Å². The maximum atomic E-state index is 12.3. The van der Waals surface area contributed by atoms with Crippen LogP contribution in [0.4, 0.5) is 16.2 Å². The van der Waals surface area contributed by atoms with Crippen LogP contribution in [0.2, 0.25) is 0 Å². The Kier molecular flexibility index (Phi) is 11.3. The van der Waals surface area contributed by atoms with E-state index in [-0.39, 0.29) is 12.0 Å².